The Labute approximate surface area is 76.5 Å². The Morgan fingerprint density at radius 1 is 1.54 bits per heavy atom. The van der Waals surface area contributed by atoms with Crippen molar-refractivity contribution in [1.29, 1.82) is 0 Å². The molecule has 74 valence electrons. The van der Waals surface area contributed by atoms with E-state index in [9.17, 15) is 9.59 Å². The van der Waals surface area contributed by atoms with Gasteiger partial charge < -0.3 is 15.7 Å². The third-order valence-electron chi connectivity index (χ3n) is 2.23. The lowest BCUT2D eigenvalue weighted by Gasteiger charge is -2.22. The zero-order valence-corrected chi connectivity index (χ0v) is 7.40. The van der Waals surface area contributed by atoms with Gasteiger partial charge in [0, 0.05) is 6.54 Å². The third kappa shape index (κ3) is 2.42. The highest BCUT2D eigenvalue weighted by Crippen LogP contribution is 2.17. The minimum atomic E-state index is -0.617. The number of primary amides is 1. The van der Waals surface area contributed by atoms with Crippen molar-refractivity contribution >= 4 is 11.8 Å². The molecule has 0 radical (unpaired) electrons. The van der Waals surface area contributed by atoms with Gasteiger partial charge in [0.1, 0.15) is 6.42 Å². The van der Waals surface area contributed by atoms with Crippen LogP contribution in [-0.4, -0.2) is 41.0 Å². The number of amides is 2. The van der Waals surface area contributed by atoms with Crippen LogP contribution in [0.25, 0.3) is 0 Å². The molecule has 1 atom stereocenters. The van der Waals surface area contributed by atoms with E-state index in [2.05, 4.69) is 0 Å². The van der Waals surface area contributed by atoms with Gasteiger partial charge in [-0.05, 0) is 12.8 Å². The number of hydrogen-bond donors (Lipinski definition) is 2. The first-order chi connectivity index (χ1) is 6.15. The minimum absolute atomic E-state index is 0.0372. The number of nitrogens with zero attached hydrogens (tertiary/aromatic N) is 1. The molecule has 1 aliphatic rings. The fourth-order valence-electron chi connectivity index (χ4n) is 1.60. The van der Waals surface area contributed by atoms with Gasteiger partial charge in [-0.15, -0.1) is 0 Å². The molecule has 13 heavy (non-hydrogen) atoms. The van der Waals surface area contributed by atoms with Crippen molar-refractivity contribution in [3.63, 3.8) is 0 Å². The maximum absolute atomic E-state index is 11.3. The molecule has 1 rings (SSSR count). The van der Waals surface area contributed by atoms with E-state index in [1.165, 1.54) is 4.90 Å². The van der Waals surface area contributed by atoms with Gasteiger partial charge in [0.15, 0.2) is 0 Å². The first-order valence-electron chi connectivity index (χ1n) is 4.33. The molecule has 0 saturated carbocycles. The molecular formula is C8H14N2O3. The summed E-state index contributed by atoms with van der Waals surface area (Å²) in [4.78, 5) is 23.3. The van der Waals surface area contributed by atoms with Crippen LogP contribution in [0.5, 0.6) is 0 Å². The fourth-order valence-corrected chi connectivity index (χ4v) is 1.60. The smallest absolute Gasteiger partial charge is 0.232 e. The van der Waals surface area contributed by atoms with Crippen molar-refractivity contribution < 1.29 is 14.7 Å². The molecule has 0 aromatic heterocycles. The Bertz CT molecular complexity index is 217. The Hall–Kier alpha value is -1.10. The summed E-state index contributed by atoms with van der Waals surface area (Å²) in [7, 11) is 0. The highest BCUT2D eigenvalue weighted by molar-refractivity contribution is 5.96. The van der Waals surface area contributed by atoms with E-state index in [0.717, 1.165) is 12.8 Å². The molecule has 1 saturated heterocycles. The van der Waals surface area contributed by atoms with Crippen LogP contribution in [0.3, 0.4) is 0 Å². The minimum Gasteiger partial charge on any atom is -0.394 e. The summed E-state index contributed by atoms with van der Waals surface area (Å²) in [5.74, 6) is -0.891. The van der Waals surface area contributed by atoms with Crippen molar-refractivity contribution in [2.24, 2.45) is 5.73 Å². The van der Waals surface area contributed by atoms with Crippen molar-refractivity contribution in [3.05, 3.63) is 0 Å². The summed E-state index contributed by atoms with van der Waals surface area (Å²) in [6.07, 6.45) is 1.44. The van der Waals surface area contributed by atoms with Gasteiger partial charge in [0.2, 0.25) is 11.8 Å². The van der Waals surface area contributed by atoms with E-state index in [-0.39, 0.29) is 25.0 Å². The molecule has 1 heterocycles. The van der Waals surface area contributed by atoms with Crippen molar-refractivity contribution in [3.8, 4) is 0 Å². The van der Waals surface area contributed by atoms with Gasteiger partial charge in [-0.3, -0.25) is 9.59 Å². The van der Waals surface area contributed by atoms with Crippen LogP contribution in [0.1, 0.15) is 19.3 Å². The van der Waals surface area contributed by atoms with Gasteiger partial charge in [-0.1, -0.05) is 0 Å². The van der Waals surface area contributed by atoms with E-state index >= 15 is 0 Å². The maximum Gasteiger partial charge on any atom is 0.232 e. The number of rotatable bonds is 3. The van der Waals surface area contributed by atoms with Crippen LogP contribution in [0.4, 0.5) is 0 Å². The van der Waals surface area contributed by atoms with Gasteiger partial charge in [0.25, 0.3) is 0 Å². The highest BCUT2D eigenvalue weighted by Gasteiger charge is 2.28. The molecule has 0 aromatic carbocycles. The molecule has 3 N–H and O–H groups in total. The van der Waals surface area contributed by atoms with E-state index < -0.39 is 5.91 Å². The lowest BCUT2D eigenvalue weighted by molar-refractivity contribution is -0.136. The number of hydrogen-bond acceptors (Lipinski definition) is 3. The van der Waals surface area contributed by atoms with Crippen molar-refractivity contribution in [1.82, 2.24) is 4.90 Å². The lowest BCUT2D eigenvalue weighted by atomic mass is 10.2. The molecule has 1 aliphatic heterocycles. The second kappa shape index (κ2) is 4.23. The van der Waals surface area contributed by atoms with Gasteiger partial charge in [0.05, 0.1) is 12.6 Å². The monoisotopic (exact) mass is 186 g/mol. The second-order valence-corrected chi connectivity index (χ2v) is 3.21. The first kappa shape index (κ1) is 9.98. The van der Waals surface area contributed by atoms with E-state index in [1.54, 1.807) is 0 Å². The number of likely N-dealkylation sites (tertiary alicyclic amines) is 1. The van der Waals surface area contributed by atoms with E-state index in [4.69, 9.17) is 10.8 Å². The van der Waals surface area contributed by atoms with Crippen molar-refractivity contribution in [2.75, 3.05) is 13.2 Å². The zero-order chi connectivity index (χ0) is 9.84. The van der Waals surface area contributed by atoms with Gasteiger partial charge in [-0.2, -0.15) is 0 Å². The standard InChI is InChI=1S/C8H14N2O3/c9-7(12)4-8(13)10-3-1-2-6(10)5-11/h6,11H,1-5H2,(H2,9,12). The van der Waals surface area contributed by atoms with E-state index in [0.29, 0.717) is 6.54 Å². The summed E-state index contributed by atoms with van der Waals surface area (Å²) in [5.41, 5.74) is 4.90. The molecule has 0 spiro atoms. The molecule has 5 heteroatoms. The van der Waals surface area contributed by atoms with Crippen LogP contribution >= 0.6 is 0 Å². The van der Waals surface area contributed by atoms with E-state index in [1.807, 2.05) is 0 Å². The largest absolute Gasteiger partial charge is 0.394 e. The molecule has 1 fully saturated rings. The predicted octanol–water partition coefficient (Wildman–Crippen LogP) is -1.15. The predicted molar refractivity (Wildman–Crippen MR) is 45.6 cm³/mol. The number of aliphatic hydroxyl groups is 1. The van der Waals surface area contributed by atoms with Crippen LogP contribution in [0, 0.1) is 0 Å². The van der Waals surface area contributed by atoms with Gasteiger partial charge in [-0.25, -0.2) is 0 Å². The van der Waals surface area contributed by atoms with Gasteiger partial charge >= 0.3 is 0 Å². The van der Waals surface area contributed by atoms with Crippen LogP contribution < -0.4 is 5.73 Å². The number of nitrogens with two attached hydrogens (primary N) is 1. The Morgan fingerprint density at radius 3 is 2.77 bits per heavy atom. The summed E-state index contributed by atoms with van der Waals surface area (Å²) < 4.78 is 0. The first-order valence-corrected chi connectivity index (χ1v) is 4.33. The number of aliphatic hydroxyl groups excluding tert-OH is 1. The molecule has 0 bridgehead atoms. The Balaban J connectivity index is 2.50. The third-order valence-corrected chi connectivity index (χ3v) is 2.23. The second-order valence-electron chi connectivity index (χ2n) is 3.21. The van der Waals surface area contributed by atoms with Crippen LogP contribution in [0.2, 0.25) is 0 Å². The maximum atomic E-state index is 11.3. The summed E-state index contributed by atoms with van der Waals surface area (Å²) in [6, 6.07) is -0.119. The molecule has 5 nitrogen and oxygen atoms in total. The van der Waals surface area contributed by atoms with Crippen molar-refractivity contribution in [2.45, 2.75) is 25.3 Å². The highest BCUT2D eigenvalue weighted by atomic mass is 16.3. The lowest BCUT2D eigenvalue weighted by Crippen LogP contribution is -2.39. The number of carbonyl (C=O) groups excluding carboxylic acids is 2. The molecule has 1 unspecified atom stereocenters. The molecule has 2 amide bonds. The summed E-state index contributed by atoms with van der Waals surface area (Å²) in [5, 5.41) is 8.91. The Kier molecular flexibility index (Phi) is 3.25. The zero-order valence-electron chi connectivity index (χ0n) is 7.40. The van der Waals surface area contributed by atoms with Crippen LogP contribution in [-0.2, 0) is 9.59 Å². The Morgan fingerprint density at radius 2 is 2.23 bits per heavy atom. The quantitative estimate of drug-likeness (QED) is 0.545. The summed E-state index contributed by atoms with van der Waals surface area (Å²) >= 11 is 0. The molecule has 0 aliphatic carbocycles. The number of carbonyl (C=O) groups is 2. The average molecular weight is 186 g/mol. The molecule has 0 aromatic rings. The van der Waals surface area contributed by atoms with Crippen LogP contribution in [0.15, 0.2) is 0 Å². The SMILES string of the molecule is NC(=O)CC(=O)N1CCCC1CO. The normalized spacial score (nSPS) is 21.9. The average Bonchev–Trinajstić information content (AvgIpc) is 2.49. The fraction of sp³-hybridized carbons (Fsp3) is 0.750. The topological polar surface area (TPSA) is 83.6 Å². The summed E-state index contributed by atoms with van der Waals surface area (Å²) in [6.45, 7) is 0.585. The molecular weight excluding hydrogens is 172 g/mol.